The van der Waals surface area contributed by atoms with Crippen LogP contribution in [0.15, 0.2) is 24.3 Å². The van der Waals surface area contributed by atoms with Gasteiger partial charge < -0.3 is 19.3 Å². The predicted molar refractivity (Wildman–Crippen MR) is 115 cm³/mol. The van der Waals surface area contributed by atoms with Crippen LogP contribution in [0.25, 0.3) is 0 Å². The minimum absolute atomic E-state index is 0.0295. The van der Waals surface area contributed by atoms with Gasteiger partial charge in [-0.15, -0.1) is 13.2 Å². The maximum absolute atomic E-state index is 12.9. The Morgan fingerprint density at radius 2 is 1.76 bits per heavy atom. The summed E-state index contributed by atoms with van der Waals surface area (Å²) in [4.78, 5) is 30.4. The average molecular weight is 472 g/mol. The van der Waals surface area contributed by atoms with Gasteiger partial charge in [-0.25, -0.2) is 0 Å². The fraction of sp³-hybridized carbons (Fsp3) is 0.652. The maximum Gasteiger partial charge on any atom is 0.573 e. The molecule has 1 aromatic carbocycles. The second kappa shape index (κ2) is 10.7. The van der Waals surface area contributed by atoms with E-state index in [9.17, 15) is 22.8 Å². The van der Waals surface area contributed by atoms with E-state index in [-0.39, 0.29) is 42.4 Å². The third-order valence-electron chi connectivity index (χ3n) is 6.19. The molecule has 33 heavy (non-hydrogen) atoms. The van der Waals surface area contributed by atoms with E-state index in [1.165, 1.54) is 12.1 Å². The molecule has 7 nitrogen and oxygen atoms in total. The van der Waals surface area contributed by atoms with Gasteiger partial charge in [0, 0.05) is 45.2 Å². The van der Waals surface area contributed by atoms with Crippen LogP contribution in [0.3, 0.4) is 0 Å². The number of nitrogens with zero attached hydrogens (tertiary/aromatic N) is 3. The van der Waals surface area contributed by atoms with Gasteiger partial charge in [-0.05, 0) is 44.4 Å². The predicted octanol–water partition coefficient (Wildman–Crippen LogP) is 3.03. The topological polar surface area (TPSA) is 62.3 Å². The molecule has 0 radical (unpaired) electrons. The minimum atomic E-state index is -4.73. The summed E-state index contributed by atoms with van der Waals surface area (Å²) in [7, 11) is 0. The summed E-state index contributed by atoms with van der Waals surface area (Å²) in [6, 6.07) is 5.83. The minimum Gasteiger partial charge on any atom is -0.406 e. The largest absolute Gasteiger partial charge is 0.573 e. The van der Waals surface area contributed by atoms with Gasteiger partial charge in [0.1, 0.15) is 5.75 Å². The molecule has 0 aliphatic carbocycles. The van der Waals surface area contributed by atoms with Crippen molar-refractivity contribution in [1.29, 1.82) is 0 Å². The van der Waals surface area contributed by atoms with Gasteiger partial charge in [0.2, 0.25) is 11.8 Å². The van der Waals surface area contributed by atoms with E-state index >= 15 is 0 Å². The summed E-state index contributed by atoms with van der Waals surface area (Å²) >= 11 is 0. The maximum atomic E-state index is 12.9. The van der Waals surface area contributed by atoms with Crippen molar-refractivity contribution in [2.45, 2.75) is 64.8 Å². The number of amides is 2. The van der Waals surface area contributed by atoms with E-state index in [0.29, 0.717) is 32.7 Å². The summed E-state index contributed by atoms with van der Waals surface area (Å²) < 4.78 is 47.1. The van der Waals surface area contributed by atoms with Crippen LogP contribution < -0.4 is 4.74 Å². The monoisotopic (exact) mass is 471 g/mol. The third kappa shape index (κ3) is 7.33. The molecule has 0 aromatic heterocycles. The highest BCUT2D eigenvalue weighted by Crippen LogP contribution is 2.24. The summed E-state index contributed by atoms with van der Waals surface area (Å²) in [6.07, 6.45) is -3.35. The fourth-order valence-corrected chi connectivity index (χ4v) is 4.40. The lowest BCUT2D eigenvalue weighted by atomic mass is 10.0. The molecule has 10 heteroatoms. The number of hydrogen-bond acceptors (Lipinski definition) is 5. The zero-order valence-corrected chi connectivity index (χ0v) is 19.3. The highest BCUT2D eigenvalue weighted by molar-refractivity contribution is 5.79. The van der Waals surface area contributed by atoms with Gasteiger partial charge in [-0.3, -0.25) is 14.5 Å². The first-order chi connectivity index (χ1) is 15.5. The van der Waals surface area contributed by atoms with Crippen molar-refractivity contribution in [3.8, 4) is 5.75 Å². The Morgan fingerprint density at radius 1 is 1.12 bits per heavy atom. The number of carbonyl (C=O) groups is 2. The number of piperidine rings is 1. The van der Waals surface area contributed by atoms with Crippen molar-refractivity contribution in [3.63, 3.8) is 0 Å². The first-order valence-corrected chi connectivity index (χ1v) is 11.3. The molecule has 0 spiro atoms. The SMILES string of the molecule is CC(=O)N1CCC(N2CC(=O)N(C(C)C)CC(OCc3ccc(OC(F)(F)F)cc3)C2)CC1. The molecular weight excluding hydrogens is 439 g/mol. The van der Waals surface area contributed by atoms with E-state index in [1.807, 2.05) is 23.6 Å². The van der Waals surface area contributed by atoms with Crippen molar-refractivity contribution in [1.82, 2.24) is 14.7 Å². The smallest absolute Gasteiger partial charge is 0.406 e. The van der Waals surface area contributed by atoms with Crippen molar-refractivity contribution in [2.75, 3.05) is 32.7 Å². The standard InChI is InChI=1S/C23H32F3N3O4/c1-16(2)29-13-21(32-15-18-4-6-20(7-5-18)33-23(24,25)26)12-28(14-22(29)31)19-8-10-27(11-9-19)17(3)30/h4-7,16,19,21H,8-15H2,1-3H3. The van der Waals surface area contributed by atoms with Crippen LogP contribution in [0.1, 0.15) is 39.2 Å². The van der Waals surface area contributed by atoms with Crippen molar-refractivity contribution >= 4 is 11.8 Å². The Hall–Kier alpha value is -2.33. The third-order valence-corrected chi connectivity index (χ3v) is 6.19. The van der Waals surface area contributed by atoms with Gasteiger partial charge in [0.15, 0.2) is 0 Å². The normalized spacial score (nSPS) is 21.4. The molecule has 2 fully saturated rings. The molecule has 1 atom stereocenters. The number of ether oxygens (including phenoxy) is 2. The van der Waals surface area contributed by atoms with Crippen molar-refractivity contribution in [2.24, 2.45) is 0 Å². The molecule has 0 bridgehead atoms. The zero-order chi connectivity index (χ0) is 24.2. The molecule has 2 aliphatic rings. The van der Waals surface area contributed by atoms with Gasteiger partial charge in [0.05, 0.1) is 19.3 Å². The summed E-state index contributed by atoms with van der Waals surface area (Å²) in [5.41, 5.74) is 0.720. The number of halogens is 3. The molecule has 2 saturated heterocycles. The zero-order valence-electron chi connectivity index (χ0n) is 19.3. The van der Waals surface area contributed by atoms with Crippen LogP contribution >= 0.6 is 0 Å². The first kappa shape index (κ1) is 25.3. The average Bonchev–Trinajstić information content (AvgIpc) is 2.91. The molecule has 2 aliphatic heterocycles. The van der Waals surface area contributed by atoms with E-state index in [0.717, 1.165) is 18.4 Å². The number of rotatable bonds is 6. The molecule has 0 saturated carbocycles. The Bertz CT molecular complexity index is 808. The molecule has 184 valence electrons. The van der Waals surface area contributed by atoms with Crippen molar-refractivity contribution in [3.05, 3.63) is 29.8 Å². The fourth-order valence-electron chi connectivity index (χ4n) is 4.40. The Morgan fingerprint density at radius 3 is 2.30 bits per heavy atom. The highest BCUT2D eigenvalue weighted by atomic mass is 19.4. The van der Waals surface area contributed by atoms with E-state index in [4.69, 9.17) is 4.74 Å². The van der Waals surface area contributed by atoms with Gasteiger partial charge in [0.25, 0.3) is 0 Å². The second-order valence-electron chi connectivity index (χ2n) is 8.93. The summed E-state index contributed by atoms with van der Waals surface area (Å²) in [6.45, 7) is 8.42. The quantitative estimate of drug-likeness (QED) is 0.638. The van der Waals surface area contributed by atoms with Crippen LogP contribution in [-0.2, 0) is 20.9 Å². The molecule has 2 heterocycles. The van der Waals surface area contributed by atoms with E-state index in [1.54, 1.807) is 19.1 Å². The van der Waals surface area contributed by atoms with Gasteiger partial charge in [-0.2, -0.15) is 0 Å². The number of carbonyl (C=O) groups excluding carboxylic acids is 2. The molecule has 0 N–H and O–H groups in total. The Labute approximate surface area is 192 Å². The second-order valence-corrected chi connectivity index (χ2v) is 8.93. The van der Waals surface area contributed by atoms with Crippen LogP contribution in [0.4, 0.5) is 13.2 Å². The Kier molecular flexibility index (Phi) is 8.23. The lowest BCUT2D eigenvalue weighted by Gasteiger charge is -2.38. The number of hydrogen-bond donors (Lipinski definition) is 0. The lowest BCUT2D eigenvalue weighted by molar-refractivity contribution is -0.274. The van der Waals surface area contributed by atoms with E-state index < -0.39 is 6.36 Å². The lowest BCUT2D eigenvalue weighted by Crippen LogP contribution is -2.49. The molecular formula is C23H32F3N3O4. The van der Waals surface area contributed by atoms with Crippen molar-refractivity contribution < 1.29 is 32.2 Å². The summed E-state index contributed by atoms with van der Waals surface area (Å²) in [5.74, 6) is -0.154. The molecule has 1 unspecified atom stereocenters. The molecule has 2 amide bonds. The van der Waals surface area contributed by atoms with Crippen LogP contribution in [0, 0.1) is 0 Å². The Balaban J connectivity index is 1.64. The molecule has 3 rings (SSSR count). The number of likely N-dealkylation sites (tertiary alicyclic amines) is 1. The molecule has 1 aromatic rings. The summed E-state index contributed by atoms with van der Waals surface area (Å²) in [5, 5.41) is 0. The van der Waals surface area contributed by atoms with Crippen LogP contribution in [-0.4, -0.2) is 83.8 Å². The van der Waals surface area contributed by atoms with Crippen LogP contribution in [0.5, 0.6) is 5.75 Å². The van der Waals surface area contributed by atoms with Gasteiger partial charge >= 0.3 is 6.36 Å². The number of benzene rings is 1. The highest BCUT2D eigenvalue weighted by Gasteiger charge is 2.35. The van der Waals surface area contributed by atoms with Gasteiger partial charge in [-0.1, -0.05) is 12.1 Å². The van der Waals surface area contributed by atoms with E-state index in [2.05, 4.69) is 9.64 Å². The number of alkyl halides is 3. The van der Waals surface area contributed by atoms with Crippen LogP contribution in [0.2, 0.25) is 0 Å². The first-order valence-electron chi connectivity index (χ1n) is 11.3.